The Bertz CT molecular complexity index is 989. The highest BCUT2D eigenvalue weighted by atomic mass is 16.5. The smallest absolute Gasteiger partial charge is 0.245 e. The summed E-state index contributed by atoms with van der Waals surface area (Å²) in [7, 11) is 3.17. The number of carbonyl (C=O) groups excluding carboxylic acids is 6. The number of likely N-dealkylation sites (tertiary alicyclic amines) is 1. The van der Waals surface area contributed by atoms with Gasteiger partial charge in [0.15, 0.2) is 0 Å². The standard InChI is InChI=1S/C32H56N4O10/c1-9-23(4)29(24(43-8)12-15-37)35(7)30(41)28(22(2)3)33-31(42)32(5,6)34-25(38)13-16-44-18-20-46-21-19-45-17-14-36-26(39)10-11-27(36)40/h15,22-24,28-29H,9-14,16-21H2,1-8H3,(H,33,42)(H,34,38)/t23-,24+,28?,29-/m0/s1. The molecule has 264 valence electrons. The number of nitrogens with zero attached hydrogens (tertiary/aromatic N) is 2. The first-order chi connectivity index (χ1) is 21.7. The number of carbonyl (C=O) groups is 6. The van der Waals surface area contributed by atoms with Crippen molar-refractivity contribution in [2.45, 2.75) is 97.4 Å². The van der Waals surface area contributed by atoms with Crippen molar-refractivity contribution in [1.29, 1.82) is 0 Å². The van der Waals surface area contributed by atoms with Crippen LogP contribution in [0.3, 0.4) is 0 Å². The van der Waals surface area contributed by atoms with Crippen molar-refractivity contribution in [3.05, 3.63) is 0 Å². The fourth-order valence-electron chi connectivity index (χ4n) is 5.11. The summed E-state index contributed by atoms with van der Waals surface area (Å²) < 4.78 is 21.8. The normalized spacial score (nSPS) is 16.2. The summed E-state index contributed by atoms with van der Waals surface area (Å²) in [4.78, 5) is 76.7. The number of methoxy groups -OCH3 is 1. The number of rotatable bonds is 24. The molecule has 0 spiro atoms. The Morgan fingerprint density at radius 3 is 2.00 bits per heavy atom. The van der Waals surface area contributed by atoms with Crippen molar-refractivity contribution < 1.29 is 47.7 Å². The highest BCUT2D eigenvalue weighted by molar-refractivity contribution is 6.01. The molecule has 1 heterocycles. The highest BCUT2D eigenvalue weighted by Crippen LogP contribution is 2.23. The molecule has 1 unspecified atom stereocenters. The maximum absolute atomic E-state index is 13.7. The lowest BCUT2D eigenvalue weighted by Gasteiger charge is -2.40. The molecule has 0 aromatic heterocycles. The summed E-state index contributed by atoms with van der Waals surface area (Å²) in [6, 6.07) is -1.23. The predicted octanol–water partition coefficient (Wildman–Crippen LogP) is 1.09. The van der Waals surface area contributed by atoms with Crippen molar-refractivity contribution in [3.8, 4) is 0 Å². The molecule has 0 aromatic carbocycles. The molecule has 14 nitrogen and oxygen atoms in total. The topological polar surface area (TPSA) is 170 Å². The van der Waals surface area contributed by atoms with Gasteiger partial charge < -0.3 is 39.3 Å². The number of nitrogens with one attached hydrogen (secondary N) is 2. The minimum atomic E-state index is -1.30. The molecule has 0 saturated carbocycles. The monoisotopic (exact) mass is 656 g/mol. The molecular formula is C32H56N4O10. The van der Waals surface area contributed by atoms with Crippen molar-refractivity contribution in [3.63, 3.8) is 0 Å². The zero-order chi connectivity index (χ0) is 34.9. The third-order valence-corrected chi connectivity index (χ3v) is 8.10. The molecule has 46 heavy (non-hydrogen) atoms. The lowest BCUT2D eigenvalue weighted by Crippen LogP contribution is -2.62. The van der Waals surface area contributed by atoms with E-state index in [0.29, 0.717) is 19.8 Å². The number of hydrogen-bond acceptors (Lipinski definition) is 10. The predicted molar refractivity (Wildman–Crippen MR) is 170 cm³/mol. The zero-order valence-corrected chi connectivity index (χ0v) is 28.9. The number of ether oxygens (including phenoxy) is 4. The highest BCUT2D eigenvalue weighted by Gasteiger charge is 2.39. The van der Waals surface area contributed by atoms with Crippen molar-refractivity contribution in [1.82, 2.24) is 20.4 Å². The Morgan fingerprint density at radius 2 is 1.50 bits per heavy atom. The minimum Gasteiger partial charge on any atom is -0.379 e. The van der Waals surface area contributed by atoms with Gasteiger partial charge in [-0.05, 0) is 25.7 Å². The Hall–Kier alpha value is -2.94. The lowest BCUT2D eigenvalue weighted by atomic mass is 9.90. The fraction of sp³-hybridized carbons (Fsp3) is 0.812. The van der Waals surface area contributed by atoms with E-state index in [2.05, 4.69) is 10.6 Å². The van der Waals surface area contributed by atoms with Gasteiger partial charge in [-0.25, -0.2) is 0 Å². The second kappa shape index (κ2) is 21.0. The van der Waals surface area contributed by atoms with Crippen LogP contribution in [0.4, 0.5) is 0 Å². The number of likely N-dealkylation sites (N-methyl/N-ethyl adjacent to an activating group) is 1. The second-order valence-electron chi connectivity index (χ2n) is 12.4. The zero-order valence-electron chi connectivity index (χ0n) is 28.9. The molecule has 1 saturated heterocycles. The summed E-state index contributed by atoms with van der Waals surface area (Å²) in [6.07, 6.45) is 1.74. The molecule has 1 aliphatic heterocycles. The van der Waals surface area contributed by atoms with E-state index in [4.69, 9.17) is 18.9 Å². The van der Waals surface area contributed by atoms with E-state index in [-0.39, 0.29) is 93.6 Å². The van der Waals surface area contributed by atoms with E-state index < -0.39 is 23.6 Å². The Morgan fingerprint density at radius 1 is 0.957 bits per heavy atom. The molecule has 14 heteroatoms. The van der Waals surface area contributed by atoms with E-state index in [1.807, 2.05) is 27.7 Å². The largest absolute Gasteiger partial charge is 0.379 e. The first-order valence-corrected chi connectivity index (χ1v) is 16.1. The van der Waals surface area contributed by atoms with Crippen LogP contribution in [0.15, 0.2) is 0 Å². The van der Waals surface area contributed by atoms with Gasteiger partial charge in [0.25, 0.3) is 0 Å². The van der Waals surface area contributed by atoms with Gasteiger partial charge in [-0.1, -0.05) is 34.1 Å². The van der Waals surface area contributed by atoms with Gasteiger partial charge in [0.2, 0.25) is 29.5 Å². The number of imide groups is 1. The quantitative estimate of drug-likeness (QED) is 0.0871. The van der Waals surface area contributed by atoms with Crippen molar-refractivity contribution >= 4 is 35.8 Å². The maximum Gasteiger partial charge on any atom is 0.245 e. The van der Waals surface area contributed by atoms with E-state index in [0.717, 1.165) is 12.7 Å². The third-order valence-electron chi connectivity index (χ3n) is 8.10. The van der Waals surface area contributed by atoms with E-state index in [1.165, 1.54) is 12.0 Å². The molecule has 4 atom stereocenters. The van der Waals surface area contributed by atoms with Crippen LogP contribution >= 0.6 is 0 Å². The fourth-order valence-corrected chi connectivity index (χ4v) is 5.11. The van der Waals surface area contributed by atoms with Gasteiger partial charge in [0.05, 0.1) is 58.3 Å². The SMILES string of the molecule is CC[C@H](C)[C@@H]([C@@H](CC=O)OC)N(C)C(=O)C(NC(=O)C(C)(C)NC(=O)CCOCCOCCOCCN1C(=O)CCC1=O)C(C)C. The van der Waals surface area contributed by atoms with Gasteiger partial charge in [-0.3, -0.25) is 28.9 Å². The van der Waals surface area contributed by atoms with Gasteiger partial charge in [-0.15, -0.1) is 0 Å². The number of aldehydes is 1. The average molecular weight is 657 g/mol. The van der Waals surface area contributed by atoms with Gasteiger partial charge >= 0.3 is 0 Å². The third kappa shape index (κ3) is 13.4. The minimum absolute atomic E-state index is 0.0226. The Balaban J connectivity index is 2.46. The molecule has 2 N–H and O–H groups in total. The van der Waals surface area contributed by atoms with Crippen LogP contribution in [0, 0.1) is 11.8 Å². The molecular weight excluding hydrogens is 600 g/mol. The molecule has 0 bridgehead atoms. The van der Waals surface area contributed by atoms with Crippen LogP contribution in [-0.2, 0) is 47.7 Å². The molecule has 1 rings (SSSR count). The van der Waals surface area contributed by atoms with E-state index in [1.54, 1.807) is 25.8 Å². The first kappa shape index (κ1) is 41.1. The first-order valence-electron chi connectivity index (χ1n) is 16.1. The summed E-state index contributed by atoms with van der Waals surface area (Å²) in [5, 5.41) is 5.54. The molecule has 1 aliphatic rings. The van der Waals surface area contributed by atoms with E-state index >= 15 is 0 Å². The van der Waals surface area contributed by atoms with Crippen LogP contribution in [0.2, 0.25) is 0 Å². The maximum atomic E-state index is 13.7. The van der Waals surface area contributed by atoms with Crippen LogP contribution in [-0.4, -0.2) is 130 Å². The summed E-state index contributed by atoms with van der Waals surface area (Å²) in [6.45, 7) is 12.6. The van der Waals surface area contributed by atoms with E-state index in [9.17, 15) is 28.8 Å². The van der Waals surface area contributed by atoms with Crippen molar-refractivity contribution in [2.24, 2.45) is 11.8 Å². The number of hydrogen-bond donors (Lipinski definition) is 2. The van der Waals surface area contributed by atoms with Crippen LogP contribution in [0.5, 0.6) is 0 Å². The Kier molecular flexibility index (Phi) is 18.8. The van der Waals surface area contributed by atoms with Crippen LogP contribution in [0.1, 0.15) is 73.6 Å². The summed E-state index contributed by atoms with van der Waals surface area (Å²) in [5.74, 6) is -1.74. The summed E-state index contributed by atoms with van der Waals surface area (Å²) >= 11 is 0. The van der Waals surface area contributed by atoms with Gasteiger partial charge in [-0.2, -0.15) is 0 Å². The van der Waals surface area contributed by atoms with Gasteiger partial charge in [0, 0.05) is 39.8 Å². The van der Waals surface area contributed by atoms with Crippen LogP contribution < -0.4 is 10.6 Å². The molecule has 0 aromatic rings. The van der Waals surface area contributed by atoms with Crippen LogP contribution in [0.25, 0.3) is 0 Å². The molecule has 5 amide bonds. The van der Waals surface area contributed by atoms with Crippen molar-refractivity contribution in [2.75, 3.05) is 60.3 Å². The molecule has 1 fully saturated rings. The second-order valence-corrected chi connectivity index (χ2v) is 12.4. The molecule has 0 radical (unpaired) electrons. The van der Waals surface area contributed by atoms with Gasteiger partial charge in [0.1, 0.15) is 17.9 Å². The Labute approximate surface area is 273 Å². The summed E-state index contributed by atoms with van der Waals surface area (Å²) in [5.41, 5.74) is -1.30. The average Bonchev–Trinajstić information content (AvgIpc) is 3.33. The molecule has 0 aliphatic carbocycles. The number of amides is 5. The lowest BCUT2D eigenvalue weighted by molar-refractivity contribution is -0.144.